The highest BCUT2D eigenvalue weighted by Gasteiger charge is 2.39. The van der Waals surface area contributed by atoms with Crippen LogP contribution in [0.25, 0.3) is 0 Å². The Hall–Kier alpha value is -0.330. The molecule has 6 heteroatoms. The molecule has 0 aromatic carbocycles. The van der Waals surface area contributed by atoms with Crippen LogP contribution in [0.5, 0.6) is 0 Å². The second-order valence-electron chi connectivity index (χ2n) is 3.91. The lowest BCUT2D eigenvalue weighted by Crippen LogP contribution is -2.40. The zero-order valence-corrected chi connectivity index (χ0v) is 8.55. The Morgan fingerprint density at radius 2 is 2.07 bits per heavy atom. The Balaban J connectivity index is 2.08. The van der Waals surface area contributed by atoms with Crippen molar-refractivity contribution in [3.8, 4) is 0 Å². The first-order valence-corrected chi connectivity index (χ1v) is 4.94. The first-order chi connectivity index (χ1) is 6.93. The van der Waals surface area contributed by atoms with Gasteiger partial charge in [-0.3, -0.25) is 0 Å². The van der Waals surface area contributed by atoms with E-state index in [1.807, 2.05) is 7.05 Å². The third-order valence-corrected chi connectivity index (χ3v) is 2.55. The predicted octanol–water partition coefficient (Wildman–Crippen LogP) is 0.924. The van der Waals surface area contributed by atoms with Crippen LogP contribution < -0.4 is 5.32 Å². The molecule has 0 heterocycles. The fraction of sp³-hybridized carbons (Fsp3) is 1.00. The minimum Gasteiger partial charge on any atom is -0.382 e. The molecule has 0 spiro atoms. The minimum absolute atomic E-state index is 0.125. The number of nitrogens with one attached hydrogen (secondary N) is 1. The Labute approximate surface area is 86.6 Å². The van der Waals surface area contributed by atoms with Gasteiger partial charge in [-0.05, 0) is 32.4 Å². The Morgan fingerprint density at radius 1 is 1.47 bits per heavy atom. The molecule has 1 atom stereocenters. The SMILES string of the molecule is CNCC1CC(OCC(O)C(F)(F)F)C1. The zero-order valence-electron chi connectivity index (χ0n) is 8.55. The van der Waals surface area contributed by atoms with Crippen LogP contribution in [0.15, 0.2) is 0 Å². The van der Waals surface area contributed by atoms with E-state index < -0.39 is 18.9 Å². The molecule has 1 fully saturated rings. The lowest BCUT2D eigenvalue weighted by Gasteiger charge is -2.35. The summed E-state index contributed by atoms with van der Waals surface area (Å²) in [5.74, 6) is 0.489. The molecule has 0 aliphatic heterocycles. The van der Waals surface area contributed by atoms with E-state index in [1.165, 1.54) is 0 Å². The Bertz CT molecular complexity index is 192. The van der Waals surface area contributed by atoms with Gasteiger partial charge in [0, 0.05) is 0 Å². The van der Waals surface area contributed by atoms with Gasteiger partial charge < -0.3 is 15.2 Å². The van der Waals surface area contributed by atoms with Crippen molar-refractivity contribution < 1.29 is 23.0 Å². The van der Waals surface area contributed by atoms with E-state index in [0.29, 0.717) is 5.92 Å². The van der Waals surface area contributed by atoms with Gasteiger partial charge in [0.2, 0.25) is 0 Å². The summed E-state index contributed by atoms with van der Waals surface area (Å²) in [6, 6.07) is 0. The molecule has 15 heavy (non-hydrogen) atoms. The van der Waals surface area contributed by atoms with Crippen LogP contribution in [0, 0.1) is 5.92 Å². The quantitative estimate of drug-likeness (QED) is 0.734. The van der Waals surface area contributed by atoms with Crippen molar-refractivity contribution in [3.05, 3.63) is 0 Å². The van der Waals surface area contributed by atoms with Crippen molar-refractivity contribution in [2.24, 2.45) is 5.92 Å². The van der Waals surface area contributed by atoms with Crippen molar-refractivity contribution in [2.45, 2.75) is 31.2 Å². The van der Waals surface area contributed by atoms with Gasteiger partial charge in [-0.15, -0.1) is 0 Å². The topological polar surface area (TPSA) is 41.5 Å². The molecule has 2 N–H and O–H groups in total. The van der Waals surface area contributed by atoms with Crippen LogP contribution in [0.3, 0.4) is 0 Å². The maximum Gasteiger partial charge on any atom is 0.416 e. The molecule has 0 saturated heterocycles. The van der Waals surface area contributed by atoms with Gasteiger partial charge in [0.05, 0.1) is 12.7 Å². The monoisotopic (exact) mass is 227 g/mol. The molecule has 0 aromatic heterocycles. The fourth-order valence-corrected chi connectivity index (χ4v) is 1.59. The van der Waals surface area contributed by atoms with E-state index in [4.69, 9.17) is 9.84 Å². The third kappa shape index (κ3) is 3.96. The van der Waals surface area contributed by atoms with Crippen LogP contribution in [0.4, 0.5) is 13.2 Å². The number of halogens is 3. The molecule has 1 rings (SSSR count). The fourth-order valence-electron chi connectivity index (χ4n) is 1.59. The number of hydrogen-bond donors (Lipinski definition) is 2. The maximum absolute atomic E-state index is 11.9. The molecule has 3 nitrogen and oxygen atoms in total. The second-order valence-corrected chi connectivity index (χ2v) is 3.91. The standard InChI is InChI=1S/C9H16F3NO2/c1-13-4-6-2-7(3-6)15-5-8(14)9(10,11)12/h6-8,13-14H,2-5H2,1H3. The van der Waals surface area contributed by atoms with Gasteiger partial charge in [-0.25, -0.2) is 0 Å². The molecule has 0 amide bonds. The molecule has 0 radical (unpaired) electrons. The lowest BCUT2D eigenvalue weighted by atomic mass is 9.82. The normalized spacial score (nSPS) is 28.6. The molecule has 1 unspecified atom stereocenters. The number of hydrogen-bond acceptors (Lipinski definition) is 3. The van der Waals surface area contributed by atoms with Gasteiger partial charge >= 0.3 is 6.18 Å². The second kappa shape index (κ2) is 5.14. The smallest absolute Gasteiger partial charge is 0.382 e. The number of aliphatic hydroxyl groups is 1. The Morgan fingerprint density at radius 3 is 2.53 bits per heavy atom. The van der Waals surface area contributed by atoms with Crippen molar-refractivity contribution >= 4 is 0 Å². The molecule has 90 valence electrons. The number of alkyl halides is 3. The van der Waals surface area contributed by atoms with E-state index in [2.05, 4.69) is 5.32 Å². The molecule has 1 saturated carbocycles. The highest BCUT2D eigenvalue weighted by molar-refractivity contribution is 4.81. The van der Waals surface area contributed by atoms with Gasteiger partial charge in [-0.2, -0.15) is 13.2 Å². The Kier molecular flexibility index (Phi) is 4.36. The van der Waals surface area contributed by atoms with Crippen LogP contribution in [0.1, 0.15) is 12.8 Å². The molecule has 0 aromatic rings. The van der Waals surface area contributed by atoms with Crippen molar-refractivity contribution in [3.63, 3.8) is 0 Å². The number of aliphatic hydroxyl groups excluding tert-OH is 1. The lowest BCUT2D eigenvalue weighted by molar-refractivity contribution is -0.224. The van der Waals surface area contributed by atoms with Crippen molar-refractivity contribution in [1.82, 2.24) is 5.32 Å². The van der Waals surface area contributed by atoms with Crippen LogP contribution >= 0.6 is 0 Å². The average Bonchev–Trinajstić information content (AvgIpc) is 2.06. The first-order valence-electron chi connectivity index (χ1n) is 4.94. The van der Waals surface area contributed by atoms with Gasteiger partial charge in [-0.1, -0.05) is 0 Å². The molecule has 0 bridgehead atoms. The molecule has 1 aliphatic rings. The van der Waals surface area contributed by atoms with Crippen LogP contribution in [-0.4, -0.2) is 43.7 Å². The largest absolute Gasteiger partial charge is 0.416 e. The summed E-state index contributed by atoms with van der Waals surface area (Å²) in [7, 11) is 1.83. The maximum atomic E-state index is 11.9. The summed E-state index contributed by atoms with van der Waals surface area (Å²) in [5.41, 5.74) is 0. The van der Waals surface area contributed by atoms with E-state index in [-0.39, 0.29) is 6.10 Å². The zero-order chi connectivity index (χ0) is 11.5. The summed E-state index contributed by atoms with van der Waals surface area (Å²) in [4.78, 5) is 0. The molecule has 1 aliphatic carbocycles. The average molecular weight is 227 g/mol. The number of ether oxygens (including phenoxy) is 1. The van der Waals surface area contributed by atoms with Gasteiger partial charge in [0.25, 0.3) is 0 Å². The molecular weight excluding hydrogens is 211 g/mol. The van der Waals surface area contributed by atoms with E-state index >= 15 is 0 Å². The van der Waals surface area contributed by atoms with E-state index in [0.717, 1.165) is 19.4 Å². The minimum atomic E-state index is -4.58. The van der Waals surface area contributed by atoms with Crippen molar-refractivity contribution in [1.29, 1.82) is 0 Å². The first kappa shape index (κ1) is 12.7. The van der Waals surface area contributed by atoms with Gasteiger partial charge in [0.15, 0.2) is 6.10 Å². The van der Waals surface area contributed by atoms with Crippen LogP contribution in [-0.2, 0) is 4.74 Å². The summed E-state index contributed by atoms with van der Waals surface area (Å²) in [5, 5.41) is 11.7. The van der Waals surface area contributed by atoms with Gasteiger partial charge in [0.1, 0.15) is 0 Å². The van der Waals surface area contributed by atoms with E-state index in [1.54, 1.807) is 0 Å². The summed E-state index contributed by atoms with van der Waals surface area (Å²) in [6.45, 7) is 0.210. The predicted molar refractivity (Wildman–Crippen MR) is 48.5 cm³/mol. The third-order valence-electron chi connectivity index (χ3n) is 2.55. The van der Waals surface area contributed by atoms with Crippen molar-refractivity contribution in [2.75, 3.05) is 20.2 Å². The van der Waals surface area contributed by atoms with E-state index in [9.17, 15) is 13.2 Å². The highest BCUT2D eigenvalue weighted by atomic mass is 19.4. The summed E-state index contributed by atoms with van der Waals surface area (Å²) < 4.78 is 40.6. The van der Waals surface area contributed by atoms with Crippen LogP contribution in [0.2, 0.25) is 0 Å². The highest BCUT2D eigenvalue weighted by Crippen LogP contribution is 2.30. The summed E-state index contributed by atoms with van der Waals surface area (Å²) >= 11 is 0. The summed E-state index contributed by atoms with van der Waals surface area (Å²) in [6.07, 6.45) is -5.52. The molecular formula is C9H16F3NO2. The number of rotatable bonds is 5.